The molecule has 1 amide bonds. The van der Waals surface area contributed by atoms with Crippen molar-refractivity contribution in [2.24, 2.45) is 0 Å². The summed E-state index contributed by atoms with van der Waals surface area (Å²) in [4.78, 5) is 12.6. The van der Waals surface area contributed by atoms with E-state index < -0.39 is 0 Å². The van der Waals surface area contributed by atoms with Crippen molar-refractivity contribution >= 4 is 33.4 Å². The molecule has 0 aliphatic carbocycles. The number of benzene rings is 3. The van der Waals surface area contributed by atoms with Crippen molar-refractivity contribution in [1.29, 1.82) is 0 Å². The molecule has 3 nitrogen and oxygen atoms in total. The molecule has 3 aromatic rings. The number of nitrogens with one attached hydrogen (secondary N) is 1. The van der Waals surface area contributed by atoms with Crippen LogP contribution in [-0.2, 0) is 4.79 Å². The van der Waals surface area contributed by atoms with Crippen molar-refractivity contribution < 1.29 is 9.53 Å². The Morgan fingerprint density at radius 1 is 1.07 bits per heavy atom. The van der Waals surface area contributed by atoms with E-state index in [9.17, 15) is 4.79 Å². The molecule has 3 rings (SSSR count). The lowest BCUT2D eigenvalue weighted by Gasteiger charge is -2.22. The van der Waals surface area contributed by atoms with Crippen molar-refractivity contribution in [1.82, 2.24) is 5.32 Å². The van der Waals surface area contributed by atoms with Gasteiger partial charge in [0, 0.05) is 4.47 Å². The Bertz CT molecular complexity index is 931. The maximum Gasteiger partial charge on any atom is 0.258 e. The van der Waals surface area contributed by atoms with Gasteiger partial charge in [0.05, 0.1) is 11.1 Å². The normalized spacial score (nSPS) is 11.7. The summed E-state index contributed by atoms with van der Waals surface area (Å²) < 4.78 is 6.45. The van der Waals surface area contributed by atoms with Crippen molar-refractivity contribution in [2.45, 2.75) is 13.0 Å². The summed E-state index contributed by atoms with van der Waals surface area (Å²) in [5, 5.41) is 3.53. The fourth-order valence-corrected chi connectivity index (χ4v) is 3.56. The van der Waals surface area contributed by atoms with E-state index in [1.165, 1.54) is 0 Å². The van der Waals surface area contributed by atoms with E-state index in [1.807, 2.05) is 67.6 Å². The second-order valence-electron chi connectivity index (χ2n) is 6.13. The number of hydrogen-bond donors (Lipinski definition) is 1. The zero-order chi connectivity index (χ0) is 19.2. The molecule has 0 radical (unpaired) electrons. The quantitative estimate of drug-likeness (QED) is 0.530. The van der Waals surface area contributed by atoms with Crippen LogP contribution in [0.1, 0.15) is 22.7 Å². The van der Waals surface area contributed by atoms with Gasteiger partial charge in [-0.3, -0.25) is 4.79 Å². The fourth-order valence-electron chi connectivity index (χ4n) is 2.84. The average molecular weight is 445 g/mol. The third-order valence-corrected chi connectivity index (χ3v) is 4.98. The highest BCUT2D eigenvalue weighted by atomic mass is 79.9. The molecule has 0 saturated heterocycles. The SMILES string of the molecule is Cc1ccccc1[C@H](NC(=O)COc1ccc(Br)cc1Cl)c1ccccc1. The van der Waals surface area contributed by atoms with Gasteiger partial charge in [-0.05, 0) is 41.8 Å². The molecule has 0 aliphatic heterocycles. The largest absolute Gasteiger partial charge is 0.482 e. The van der Waals surface area contributed by atoms with Gasteiger partial charge in [0.2, 0.25) is 0 Å². The molecule has 0 fully saturated rings. The Morgan fingerprint density at radius 3 is 2.48 bits per heavy atom. The van der Waals surface area contributed by atoms with Crippen LogP contribution in [0.2, 0.25) is 5.02 Å². The van der Waals surface area contributed by atoms with Crippen molar-refractivity contribution in [2.75, 3.05) is 6.61 Å². The predicted octanol–water partition coefficient (Wildman–Crippen LogP) is 5.70. The number of carbonyl (C=O) groups is 1. The minimum Gasteiger partial charge on any atom is -0.482 e. The number of rotatable bonds is 6. The summed E-state index contributed by atoms with van der Waals surface area (Å²) in [6, 6.07) is 23.0. The maximum atomic E-state index is 12.6. The maximum absolute atomic E-state index is 12.6. The Morgan fingerprint density at radius 2 is 1.78 bits per heavy atom. The molecule has 5 heteroatoms. The number of hydrogen-bond acceptors (Lipinski definition) is 2. The van der Waals surface area contributed by atoms with E-state index in [0.29, 0.717) is 10.8 Å². The lowest BCUT2D eigenvalue weighted by molar-refractivity contribution is -0.123. The van der Waals surface area contributed by atoms with Crippen LogP contribution in [-0.4, -0.2) is 12.5 Å². The van der Waals surface area contributed by atoms with Gasteiger partial charge in [-0.1, -0.05) is 82.1 Å². The van der Waals surface area contributed by atoms with Gasteiger partial charge in [0.15, 0.2) is 6.61 Å². The standard InChI is InChI=1S/C22H19BrClNO2/c1-15-7-5-6-10-18(15)22(16-8-3-2-4-9-16)25-21(26)14-27-20-12-11-17(23)13-19(20)24/h2-13,22H,14H2,1H3,(H,25,26)/t22-/m1/s1. The summed E-state index contributed by atoms with van der Waals surface area (Å²) in [6.45, 7) is 1.92. The summed E-state index contributed by atoms with van der Waals surface area (Å²) in [5.74, 6) is 0.258. The first-order chi connectivity index (χ1) is 13.0. The van der Waals surface area contributed by atoms with Crippen LogP contribution in [0.4, 0.5) is 0 Å². The first-order valence-corrected chi connectivity index (χ1v) is 9.69. The predicted molar refractivity (Wildman–Crippen MR) is 112 cm³/mol. The molecule has 0 spiro atoms. The Kier molecular flexibility index (Phi) is 6.54. The smallest absolute Gasteiger partial charge is 0.258 e. The number of carbonyl (C=O) groups excluding carboxylic acids is 1. The molecule has 0 aliphatic rings. The first-order valence-electron chi connectivity index (χ1n) is 8.52. The van der Waals surface area contributed by atoms with Crippen molar-refractivity contribution in [3.63, 3.8) is 0 Å². The molecule has 1 atom stereocenters. The van der Waals surface area contributed by atoms with Crippen molar-refractivity contribution in [3.05, 3.63) is 99.0 Å². The zero-order valence-corrected chi connectivity index (χ0v) is 17.1. The lowest BCUT2D eigenvalue weighted by atomic mass is 9.95. The van der Waals surface area contributed by atoms with Gasteiger partial charge < -0.3 is 10.1 Å². The highest BCUT2D eigenvalue weighted by Crippen LogP contribution is 2.28. The Balaban J connectivity index is 1.76. The number of aryl methyl sites for hydroxylation is 1. The van der Waals surface area contributed by atoms with Crippen LogP contribution in [0.5, 0.6) is 5.75 Å². The number of halogens is 2. The summed E-state index contributed by atoms with van der Waals surface area (Å²) >= 11 is 9.49. The third-order valence-electron chi connectivity index (χ3n) is 4.19. The molecule has 27 heavy (non-hydrogen) atoms. The number of amides is 1. The number of ether oxygens (including phenoxy) is 1. The van der Waals surface area contributed by atoms with Gasteiger partial charge in [-0.15, -0.1) is 0 Å². The molecule has 0 saturated carbocycles. The molecule has 1 N–H and O–H groups in total. The second kappa shape index (κ2) is 9.07. The third kappa shape index (κ3) is 5.12. The van der Waals surface area contributed by atoms with Crippen LogP contribution >= 0.6 is 27.5 Å². The topological polar surface area (TPSA) is 38.3 Å². The molecule has 138 valence electrons. The van der Waals surface area contributed by atoms with Gasteiger partial charge >= 0.3 is 0 Å². The van der Waals surface area contributed by atoms with E-state index >= 15 is 0 Å². The Labute approximate surface area is 172 Å². The summed E-state index contributed by atoms with van der Waals surface area (Å²) in [6.07, 6.45) is 0. The van der Waals surface area contributed by atoms with E-state index in [-0.39, 0.29) is 18.6 Å². The Hall–Kier alpha value is -2.30. The summed E-state index contributed by atoms with van der Waals surface area (Å²) in [7, 11) is 0. The molecule has 0 aromatic heterocycles. The van der Waals surface area contributed by atoms with Crippen LogP contribution in [0.3, 0.4) is 0 Å². The first kappa shape index (κ1) is 19.5. The van der Waals surface area contributed by atoms with Gasteiger partial charge in [0.25, 0.3) is 5.91 Å². The van der Waals surface area contributed by atoms with E-state index in [1.54, 1.807) is 12.1 Å². The highest BCUT2D eigenvalue weighted by Gasteiger charge is 2.18. The van der Waals surface area contributed by atoms with Crippen LogP contribution < -0.4 is 10.1 Å². The fraction of sp³-hybridized carbons (Fsp3) is 0.136. The van der Waals surface area contributed by atoms with Crippen LogP contribution in [0.25, 0.3) is 0 Å². The highest BCUT2D eigenvalue weighted by molar-refractivity contribution is 9.10. The average Bonchev–Trinajstić information content (AvgIpc) is 2.67. The van der Waals surface area contributed by atoms with Crippen LogP contribution in [0.15, 0.2) is 77.3 Å². The molecular formula is C22H19BrClNO2. The molecule has 0 bridgehead atoms. The van der Waals surface area contributed by atoms with Crippen LogP contribution in [0, 0.1) is 6.92 Å². The second-order valence-corrected chi connectivity index (χ2v) is 7.45. The van der Waals surface area contributed by atoms with E-state index in [2.05, 4.69) is 21.2 Å². The van der Waals surface area contributed by atoms with Gasteiger partial charge in [-0.2, -0.15) is 0 Å². The van der Waals surface area contributed by atoms with Gasteiger partial charge in [-0.25, -0.2) is 0 Å². The van der Waals surface area contributed by atoms with E-state index in [0.717, 1.165) is 21.2 Å². The zero-order valence-electron chi connectivity index (χ0n) is 14.8. The molecule has 0 heterocycles. The van der Waals surface area contributed by atoms with E-state index in [4.69, 9.17) is 16.3 Å². The molecule has 3 aromatic carbocycles. The minimum atomic E-state index is -0.246. The molecule has 0 unspecified atom stereocenters. The monoisotopic (exact) mass is 443 g/mol. The lowest BCUT2D eigenvalue weighted by Crippen LogP contribution is -2.33. The minimum absolute atomic E-state index is 0.115. The summed E-state index contributed by atoms with van der Waals surface area (Å²) in [5.41, 5.74) is 3.18. The van der Waals surface area contributed by atoms with Crippen molar-refractivity contribution in [3.8, 4) is 5.75 Å². The molecular weight excluding hydrogens is 426 g/mol. The van der Waals surface area contributed by atoms with Gasteiger partial charge in [0.1, 0.15) is 5.75 Å².